The van der Waals surface area contributed by atoms with Crippen LogP contribution in [0.5, 0.6) is 0 Å². The minimum absolute atomic E-state index is 0.0346. The van der Waals surface area contributed by atoms with Gasteiger partial charge in [-0.2, -0.15) is 0 Å². The molecule has 1 nitrogen and oxygen atoms in total. The van der Waals surface area contributed by atoms with Gasteiger partial charge in [-0.15, -0.1) is 0 Å². The Balaban J connectivity index is 2.31. The lowest BCUT2D eigenvalue weighted by Crippen LogP contribution is -1.95. The van der Waals surface area contributed by atoms with E-state index in [-0.39, 0.29) is 10.7 Å². The molecule has 0 atom stereocenters. The van der Waals surface area contributed by atoms with Gasteiger partial charge in [0.1, 0.15) is 17.5 Å². The molecular formula is C12H7ClF3N. The first-order valence-electron chi connectivity index (χ1n) is 4.73. The fourth-order valence-corrected chi connectivity index (χ4v) is 1.50. The van der Waals surface area contributed by atoms with E-state index in [2.05, 4.69) is 5.32 Å². The van der Waals surface area contributed by atoms with E-state index >= 15 is 0 Å². The zero-order valence-corrected chi connectivity index (χ0v) is 9.23. The molecule has 5 heteroatoms. The van der Waals surface area contributed by atoms with Crippen LogP contribution in [0.2, 0.25) is 5.02 Å². The average molecular weight is 258 g/mol. The van der Waals surface area contributed by atoms with E-state index in [1.807, 2.05) is 0 Å². The normalized spacial score (nSPS) is 10.4. The van der Waals surface area contributed by atoms with Crippen LogP contribution >= 0.6 is 11.6 Å². The fraction of sp³-hybridized carbons (Fsp3) is 0. The molecule has 17 heavy (non-hydrogen) atoms. The third-order valence-electron chi connectivity index (χ3n) is 2.13. The maximum atomic E-state index is 13.3. The largest absolute Gasteiger partial charge is 0.353 e. The summed E-state index contributed by atoms with van der Waals surface area (Å²) < 4.78 is 39.1. The molecule has 0 heterocycles. The van der Waals surface area contributed by atoms with Crippen molar-refractivity contribution in [3.05, 3.63) is 58.9 Å². The SMILES string of the molecule is Fc1ccc(F)c(Nc2ccc(F)c(Cl)c2)c1. The van der Waals surface area contributed by atoms with Gasteiger partial charge in [0.15, 0.2) is 0 Å². The quantitative estimate of drug-likeness (QED) is 0.835. The van der Waals surface area contributed by atoms with Gasteiger partial charge in [0.2, 0.25) is 0 Å². The second-order valence-electron chi connectivity index (χ2n) is 3.38. The number of rotatable bonds is 2. The first-order chi connectivity index (χ1) is 8.06. The highest BCUT2D eigenvalue weighted by molar-refractivity contribution is 6.31. The van der Waals surface area contributed by atoms with Crippen LogP contribution in [0.1, 0.15) is 0 Å². The highest BCUT2D eigenvalue weighted by Crippen LogP contribution is 2.24. The number of anilines is 2. The molecule has 0 aliphatic heterocycles. The van der Waals surface area contributed by atoms with Gasteiger partial charge < -0.3 is 5.32 Å². The molecule has 2 rings (SSSR count). The summed E-state index contributed by atoms with van der Waals surface area (Å²) in [5, 5.41) is 2.52. The Morgan fingerprint density at radius 3 is 2.29 bits per heavy atom. The minimum atomic E-state index is -0.605. The van der Waals surface area contributed by atoms with Crippen molar-refractivity contribution >= 4 is 23.0 Å². The number of nitrogens with one attached hydrogen (secondary N) is 1. The van der Waals surface area contributed by atoms with Crippen LogP contribution in [-0.4, -0.2) is 0 Å². The minimum Gasteiger partial charge on any atom is -0.353 e. The summed E-state index contributed by atoms with van der Waals surface area (Å²) >= 11 is 5.57. The summed E-state index contributed by atoms with van der Waals surface area (Å²) in [6, 6.07) is 6.84. The Hall–Kier alpha value is -1.68. The van der Waals surface area contributed by atoms with Crippen LogP contribution in [0.4, 0.5) is 24.5 Å². The lowest BCUT2D eigenvalue weighted by Gasteiger charge is -2.08. The summed E-state index contributed by atoms with van der Waals surface area (Å²) in [5.41, 5.74) is 0.341. The average Bonchev–Trinajstić information content (AvgIpc) is 2.29. The fourth-order valence-electron chi connectivity index (χ4n) is 1.32. The Kier molecular flexibility index (Phi) is 3.24. The maximum absolute atomic E-state index is 13.3. The molecule has 0 aliphatic rings. The van der Waals surface area contributed by atoms with Crippen LogP contribution in [0.3, 0.4) is 0 Å². The van der Waals surface area contributed by atoms with E-state index in [4.69, 9.17) is 11.6 Å². The molecule has 2 aromatic rings. The van der Waals surface area contributed by atoms with E-state index < -0.39 is 17.5 Å². The molecule has 0 radical (unpaired) electrons. The van der Waals surface area contributed by atoms with Gasteiger partial charge in [-0.05, 0) is 30.3 Å². The van der Waals surface area contributed by atoms with E-state index in [1.165, 1.54) is 12.1 Å². The standard InChI is InChI=1S/C12H7ClF3N/c13-9-6-8(2-4-10(9)15)17-12-5-7(14)1-3-11(12)16/h1-6,17H. The predicted octanol–water partition coefficient (Wildman–Crippen LogP) is 4.50. The van der Waals surface area contributed by atoms with Crippen molar-refractivity contribution in [2.24, 2.45) is 0 Å². The summed E-state index contributed by atoms with van der Waals surface area (Å²) in [7, 11) is 0. The van der Waals surface area contributed by atoms with Crippen molar-refractivity contribution in [3.63, 3.8) is 0 Å². The van der Waals surface area contributed by atoms with Crippen LogP contribution in [-0.2, 0) is 0 Å². The molecule has 0 aromatic heterocycles. The van der Waals surface area contributed by atoms with Crippen molar-refractivity contribution < 1.29 is 13.2 Å². The Bertz CT molecular complexity index is 557. The summed E-state index contributed by atoms with van der Waals surface area (Å²) in [6.07, 6.45) is 0. The van der Waals surface area contributed by atoms with Gasteiger partial charge >= 0.3 is 0 Å². The van der Waals surface area contributed by atoms with Crippen molar-refractivity contribution in [2.45, 2.75) is 0 Å². The molecule has 0 amide bonds. The van der Waals surface area contributed by atoms with E-state index in [9.17, 15) is 13.2 Å². The van der Waals surface area contributed by atoms with Crippen LogP contribution in [0, 0.1) is 17.5 Å². The predicted molar refractivity (Wildman–Crippen MR) is 61.1 cm³/mol. The van der Waals surface area contributed by atoms with Crippen molar-refractivity contribution in [1.82, 2.24) is 0 Å². The summed E-state index contributed by atoms with van der Waals surface area (Å²) in [4.78, 5) is 0. The second kappa shape index (κ2) is 4.67. The highest BCUT2D eigenvalue weighted by atomic mass is 35.5. The second-order valence-corrected chi connectivity index (χ2v) is 3.79. The van der Waals surface area contributed by atoms with Gasteiger partial charge in [0, 0.05) is 11.8 Å². The molecule has 1 N–H and O–H groups in total. The number of benzene rings is 2. The first-order valence-corrected chi connectivity index (χ1v) is 5.11. The summed E-state index contributed by atoms with van der Waals surface area (Å²) in [5.74, 6) is -1.74. The van der Waals surface area contributed by atoms with Crippen LogP contribution in [0.15, 0.2) is 36.4 Å². The van der Waals surface area contributed by atoms with E-state index in [1.54, 1.807) is 0 Å². The monoisotopic (exact) mass is 257 g/mol. The van der Waals surface area contributed by atoms with E-state index in [0.29, 0.717) is 5.69 Å². The molecule has 0 saturated heterocycles. The lowest BCUT2D eigenvalue weighted by molar-refractivity contribution is 0.603. The smallest absolute Gasteiger partial charge is 0.146 e. The topological polar surface area (TPSA) is 12.0 Å². The molecular weight excluding hydrogens is 251 g/mol. The van der Waals surface area contributed by atoms with Gasteiger partial charge in [-0.3, -0.25) is 0 Å². The summed E-state index contributed by atoms with van der Waals surface area (Å²) in [6.45, 7) is 0. The van der Waals surface area contributed by atoms with Crippen LogP contribution in [0.25, 0.3) is 0 Å². The Labute approximate surface area is 101 Å². The number of hydrogen-bond donors (Lipinski definition) is 1. The molecule has 0 aliphatic carbocycles. The van der Waals surface area contributed by atoms with Gasteiger partial charge in [-0.25, -0.2) is 13.2 Å². The van der Waals surface area contributed by atoms with Gasteiger partial charge in [0.25, 0.3) is 0 Å². The first kappa shape index (κ1) is 11.8. The van der Waals surface area contributed by atoms with Crippen molar-refractivity contribution in [1.29, 1.82) is 0 Å². The third-order valence-corrected chi connectivity index (χ3v) is 2.42. The van der Waals surface area contributed by atoms with Gasteiger partial charge in [-0.1, -0.05) is 11.6 Å². The van der Waals surface area contributed by atoms with Crippen molar-refractivity contribution in [2.75, 3.05) is 5.32 Å². The Morgan fingerprint density at radius 2 is 1.59 bits per heavy atom. The van der Waals surface area contributed by atoms with E-state index in [0.717, 1.165) is 24.3 Å². The molecule has 88 valence electrons. The Morgan fingerprint density at radius 1 is 0.882 bits per heavy atom. The lowest BCUT2D eigenvalue weighted by atomic mass is 10.2. The maximum Gasteiger partial charge on any atom is 0.146 e. The molecule has 0 fully saturated rings. The molecule has 0 spiro atoms. The number of hydrogen-bond acceptors (Lipinski definition) is 1. The molecule has 0 bridgehead atoms. The molecule has 2 aromatic carbocycles. The molecule has 0 saturated carbocycles. The van der Waals surface area contributed by atoms with Gasteiger partial charge in [0.05, 0.1) is 10.7 Å². The number of halogens is 4. The third kappa shape index (κ3) is 2.71. The highest BCUT2D eigenvalue weighted by Gasteiger charge is 2.06. The zero-order chi connectivity index (χ0) is 12.4. The van der Waals surface area contributed by atoms with Crippen molar-refractivity contribution in [3.8, 4) is 0 Å². The molecule has 0 unspecified atom stereocenters. The zero-order valence-electron chi connectivity index (χ0n) is 8.48. The van der Waals surface area contributed by atoms with Crippen LogP contribution < -0.4 is 5.32 Å².